The maximum Gasteiger partial charge on any atom is 0.306 e. The predicted molar refractivity (Wildman–Crippen MR) is 109 cm³/mol. The average Bonchev–Trinajstić information content (AvgIpc) is 2.80. The van der Waals surface area contributed by atoms with Crippen LogP contribution in [0.25, 0.3) is 0 Å². The number of carbonyl (C=O) groups is 1. The highest BCUT2D eigenvalue weighted by atomic mass is 35.5. The molecule has 1 atom stereocenters. The zero-order valence-corrected chi connectivity index (χ0v) is 16.8. The van der Waals surface area contributed by atoms with Crippen molar-refractivity contribution in [2.45, 2.75) is 33.2 Å². The van der Waals surface area contributed by atoms with Crippen LogP contribution in [0.3, 0.4) is 0 Å². The van der Waals surface area contributed by atoms with Crippen LogP contribution >= 0.6 is 22.9 Å². The molecular weight excluding hydrogens is 384 g/mol. The lowest BCUT2D eigenvalue weighted by molar-refractivity contribution is -0.309. The SMILES string of the molecule is CC(N)=[N+]1C(=N)[C@H](CC(=O)O)N=C(c2ccc(Cl)cc2)c2c1sc(C)c2C. The molecule has 6 nitrogen and oxygen atoms in total. The Bertz CT molecular complexity index is 1000. The Hall–Kier alpha value is -2.51. The largest absolute Gasteiger partial charge is 0.481 e. The van der Waals surface area contributed by atoms with Gasteiger partial charge in [-0.15, -0.1) is 11.3 Å². The molecule has 0 unspecified atom stereocenters. The van der Waals surface area contributed by atoms with Gasteiger partial charge in [-0.25, -0.2) is 0 Å². The zero-order chi connectivity index (χ0) is 19.9. The molecule has 0 aliphatic carbocycles. The number of amidine groups is 2. The summed E-state index contributed by atoms with van der Waals surface area (Å²) >= 11 is 7.55. The molecule has 0 saturated heterocycles. The van der Waals surface area contributed by atoms with Gasteiger partial charge in [0.15, 0.2) is 10.8 Å². The molecule has 1 aliphatic heterocycles. The fourth-order valence-corrected chi connectivity index (χ4v) is 4.43. The minimum Gasteiger partial charge on any atom is -0.481 e. The normalized spacial score (nSPS) is 18.6. The second-order valence-corrected chi connectivity index (χ2v) is 8.06. The number of nitrogens with zero attached hydrogens (tertiary/aromatic N) is 2. The summed E-state index contributed by atoms with van der Waals surface area (Å²) in [5, 5.41) is 19.3. The monoisotopic (exact) mass is 403 g/mol. The number of thiophene rings is 1. The van der Waals surface area contributed by atoms with Crippen LogP contribution in [0.2, 0.25) is 5.02 Å². The third-order valence-electron chi connectivity index (χ3n) is 4.49. The molecule has 27 heavy (non-hydrogen) atoms. The number of benzene rings is 1. The van der Waals surface area contributed by atoms with Crippen LogP contribution in [0, 0.1) is 19.3 Å². The number of halogens is 1. The van der Waals surface area contributed by atoms with Gasteiger partial charge in [0.1, 0.15) is 6.04 Å². The number of nitrogens with two attached hydrogens (primary N) is 1. The van der Waals surface area contributed by atoms with Crippen molar-refractivity contribution in [3.8, 4) is 0 Å². The van der Waals surface area contributed by atoms with E-state index in [0.29, 0.717) is 16.6 Å². The van der Waals surface area contributed by atoms with Crippen molar-refractivity contribution in [2.75, 3.05) is 0 Å². The van der Waals surface area contributed by atoms with E-state index in [1.54, 1.807) is 23.6 Å². The molecule has 1 aliphatic rings. The summed E-state index contributed by atoms with van der Waals surface area (Å²) in [6.45, 7) is 5.71. The molecular formula is C19H20ClN4O2S+. The van der Waals surface area contributed by atoms with E-state index in [-0.39, 0.29) is 12.3 Å². The van der Waals surface area contributed by atoms with E-state index in [1.807, 2.05) is 26.0 Å². The van der Waals surface area contributed by atoms with Crippen LogP contribution < -0.4 is 5.73 Å². The van der Waals surface area contributed by atoms with Crippen LogP contribution in [0.5, 0.6) is 0 Å². The Morgan fingerprint density at radius 3 is 2.56 bits per heavy atom. The second kappa shape index (κ2) is 7.25. The van der Waals surface area contributed by atoms with Crippen molar-refractivity contribution in [1.82, 2.24) is 0 Å². The molecule has 0 fully saturated rings. The summed E-state index contributed by atoms with van der Waals surface area (Å²) in [4.78, 5) is 17.2. The topological polar surface area (TPSA) is 103 Å². The number of nitrogens with one attached hydrogen (secondary N) is 1. The number of carboxylic acid groups (broad SMARTS) is 1. The summed E-state index contributed by atoms with van der Waals surface area (Å²) in [6.07, 6.45) is -0.285. The number of rotatable bonds is 3. The van der Waals surface area contributed by atoms with Crippen molar-refractivity contribution in [3.63, 3.8) is 0 Å². The summed E-state index contributed by atoms with van der Waals surface area (Å²) in [5.41, 5.74) is 9.48. The molecule has 0 spiro atoms. The molecule has 0 amide bonds. The van der Waals surface area contributed by atoms with Gasteiger partial charge in [0.05, 0.1) is 17.7 Å². The lowest BCUT2D eigenvalue weighted by Crippen LogP contribution is -2.34. The van der Waals surface area contributed by atoms with E-state index >= 15 is 0 Å². The minimum absolute atomic E-state index is 0.0591. The summed E-state index contributed by atoms with van der Waals surface area (Å²) < 4.78 is 1.61. The van der Waals surface area contributed by atoms with Crippen LogP contribution in [-0.4, -0.2) is 39.1 Å². The first-order chi connectivity index (χ1) is 12.7. The number of hydrogen-bond acceptors (Lipinski definition) is 4. The van der Waals surface area contributed by atoms with Crippen LogP contribution in [0.15, 0.2) is 29.3 Å². The third kappa shape index (κ3) is 3.52. The lowest BCUT2D eigenvalue weighted by atomic mass is 10.00. The second-order valence-electron chi connectivity index (χ2n) is 6.42. The van der Waals surface area contributed by atoms with E-state index in [0.717, 1.165) is 26.6 Å². The van der Waals surface area contributed by atoms with Crippen molar-refractivity contribution >= 4 is 51.3 Å². The van der Waals surface area contributed by atoms with E-state index in [1.165, 1.54) is 11.3 Å². The molecule has 4 N–H and O–H groups in total. The molecule has 140 valence electrons. The van der Waals surface area contributed by atoms with Crippen molar-refractivity contribution in [1.29, 1.82) is 5.41 Å². The van der Waals surface area contributed by atoms with Crippen LogP contribution in [0.1, 0.15) is 34.9 Å². The third-order valence-corrected chi connectivity index (χ3v) is 5.93. The lowest BCUT2D eigenvalue weighted by Gasteiger charge is -2.11. The Morgan fingerprint density at radius 2 is 2.00 bits per heavy atom. The van der Waals surface area contributed by atoms with Gasteiger partial charge in [0, 0.05) is 22.4 Å². The van der Waals surface area contributed by atoms with Gasteiger partial charge in [-0.1, -0.05) is 23.7 Å². The number of aliphatic imine (C=N–C) groups is 1. The number of carboxylic acids is 1. The minimum atomic E-state index is -1.02. The molecule has 1 aromatic heterocycles. The van der Waals surface area contributed by atoms with Gasteiger partial charge in [-0.05, 0) is 31.5 Å². The fourth-order valence-electron chi connectivity index (χ4n) is 3.07. The van der Waals surface area contributed by atoms with Crippen LogP contribution in [-0.2, 0) is 4.79 Å². The highest BCUT2D eigenvalue weighted by Crippen LogP contribution is 2.39. The number of aliphatic carboxylic acids is 1. The first kappa shape index (κ1) is 19.3. The van der Waals surface area contributed by atoms with Crippen LogP contribution in [0.4, 0.5) is 5.00 Å². The molecule has 2 heterocycles. The van der Waals surface area contributed by atoms with Gasteiger partial charge in [-0.2, -0.15) is 9.98 Å². The average molecular weight is 404 g/mol. The van der Waals surface area contributed by atoms with E-state index in [2.05, 4.69) is 0 Å². The van der Waals surface area contributed by atoms with E-state index in [9.17, 15) is 9.90 Å². The summed E-state index contributed by atoms with van der Waals surface area (Å²) in [5.74, 6) is -0.550. The first-order valence-electron chi connectivity index (χ1n) is 8.34. The van der Waals surface area contributed by atoms with Crippen molar-refractivity contribution in [3.05, 3.63) is 50.9 Å². The molecule has 0 saturated carbocycles. The van der Waals surface area contributed by atoms with E-state index in [4.69, 9.17) is 27.7 Å². The van der Waals surface area contributed by atoms with Gasteiger partial charge in [0.25, 0.3) is 5.84 Å². The molecule has 0 bridgehead atoms. The first-order valence-corrected chi connectivity index (χ1v) is 9.53. The highest BCUT2D eigenvalue weighted by Gasteiger charge is 2.35. The number of hydrogen-bond donors (Lipinski definition) is 3. The van der Waals surface area contributed by atoms with Gasteiger partial charge in [-0.3, -0.25) is 9.79 Å². The molecule has 2 aromatic rings. The number of aryl methyl sites for hydroxylation is 1. The van der Waals surface area contributed by atoms with Gasteiger partial charge < -0.3 is 10.8 Å². The molecule has 0 radical (unpaired) electrons. The zero-order valence-electron chi connectivity index (χ0n) is 15.2. The molecule has 1 aromatic carbocycles. The standard InChI is InChI=1S/C19H19ClN4O2S/c1-9-10(2)27-19-16(9)17(12-4-6-13(20)7-5-12)23-14(8-15(25)26)18(22)24(19)11(3)21/h4-7,14,21-22H,8H2,1-3H3,(H,25,26)/p+1/t14-/m0/s1. The Morgan fingerprint density at radius 1 is 1.37 bits per heavy atom. The fraction of sp³-hybridized carbons (Fsp3) is 0.263. The molecule has 8 heteroatoms. The Labute approximate surface area is 166 Å². The summed E-state index contributed by atoms with van der Waals surface area (Å²) in [6, 6.07) is 6.41. The summed E-state index contributed by atoms with van der Waals surface area (Å²) in [7, 11) is 0. The number of fused-ring (bicyclic) bond motifs is 1. The van der Waals surface area contributed by atoms with Crippen molar-refractivity contribution in [2.24, 2.45) is 10.7 Å². The maximum atomic E-state index is 11.4. The van der Waals surface area contributed by atoms with E-state index < -0.39 is 12.0 Å². The van der Waals surface area contributed by atoms with Gasteiger partial charge in [0.2, 0.25) is 0 Å². The van der Waals surface area contributed by atoms with Crippen molar-refractivity contribution < 1.29 is 14.5 Å². The highest BCUT2D eigenvalue weighted by molar-refractivity contribution is 7.16. The molecule has 3 rings (SSSR count). The Balaban J connectivity index is 2.35. The maximum absolute atomic E-state index is 11.4. The van der Waals surface area contributed by atoms with Gasteiger partial charge >= 0.3 is 5.97 Å². The predicted octanol–water partition coefficient (Wildman–Crippen LogP) is 3.71. The smallest absolute Gasteiger partial charge is 0.306 e. The quantitative estimate of drug-likeness (QED) is 0.537. The Kier molecular flexibility index (Phi) is 5.17.